The second kappa shape index (κ2) is 7.79. The fourth-order valence-corrected chi connectivity index (χ4v) is 2.47. The summed E-state index contributed by atoms with van der Waals surface area (Å²) >= 11 is 1.16. The Balaban J connectivity index is 1.89. The lowest BCUT2D eigenvalue weighted by atomic mass is 10.2. The Hall–Kier alpha value is -2.09. The number of carbonyl (C=O) groups is 1. The summed E-state index contributed by atoms with van der Waals surface area (Å²) in [5.41, 5.74) is 0.158. The molecule has 1 amide bonds. The number of nitrogens with two attached hydrogens (primary N) is 1. The molecule has 1 aromatic carbocycles. The highest BCUT2D eigenvalue weighted by Crippen LogP contribution is 2.17. The number of nitrogen functional groups attached to an aromatic ring is 1. The van der Waals surface area contributed by atoms with Crippen molar-refractivity contribution in [1.29, 1.82) is 0 Å². The monoisotopic (exact) mass is 323 g/mol. The minimum atomic E-state index is -0.468. The van der Waals surface area contributed by atoms with Crippen LogP contribution in [0, 0.1) is 5.82 Å². The molecule has 0 radical (unpaired) electrons. The SMILES string of the molecule is CCCCc1nnc(SCC(=O)Nc2ccccc2F)n1N. The number of halogens is 1. The van der Waals surface area contributed by atoms with E-state index < -0.39 is 5.82 Å². The number of unbranched alkanes of at least 4 members (excludes halogenated alkanes) is 1. The van der Waals surface area contributed by atoms with E-state index in [4.69, 9.17) is 5.84 Å². The third-order valence-corrected chi connectivity index (χ3v) is 3.91. The van der Waals surface area contributed by atoms with E-state index in [1.165, 1.54) is 16.8 Å². The summed E-state index contributed by atoms with van der Waals surface area (Å²) in [7, 11) is 0. The number of hydrogen-bond acceptors (Lipinski definition) is 5. The van der Waals surface area contributed by atoms with E-state index in [1.54, 1.807) is 12.1 Å². The van der Waals surface area contributed by atoms with Crippen LogP contribution in [0.4, 0.5) is 10.1 Å². The van der Waals surface area contributed by atoms with Crippen LogP contribution < -0.4 is 11.2 Å². The lowest BCUT2D eigenvalue weighted by Crippen LogP contribution is -2.17. The molecule has 6 nitrogen and oxygen atoms in total. The Morgan fingerprint density at radius 2 is 2.18 bits per heavy atom. The number of carbonyl (C=O) groups excluding carboxylic acids is 1. The Morgan fingerprint density at radius 1 is 1.41 bits per heavy atom. The minimum absolute atomic E-state index is 0.0808. The smallest absolute Gasteiger partial charge is 0.234 e. The molecule has 0 fully saturated rings. The van der Waals surface area contributed by atoms with Gasteiger partial charge < -0.3 is 11.2 Å². The van der Waals surface area contributed by atoms with Gasteiger partial charge in [0, 0.05) is 6.42 Å². The maximum Gasteiger partial charge on any atom is 0.234 e. The van der Waals surface area contributed by atoms with Gasteiger partial charge in [-0.25, -0.2) is 9.07 Å². The largest absolute Gasteiger partial charge is 0.336 e. The van der Waals surface area contributed by atoms with Gasteiger partial charge in [-0.15, -0.1) is 10.2 Å². The minimum Gasteiger partial charge on any atom is -0.336 e. The first-order chi connectivity index (χ1) is 10.6. The van der Waals surface area contributed by atoms with Gasteiger partial charge in [-0.05, 0) is 18.6 Å². The molecule has 2 rings (SSSR count). The van der Waals surface area contributed by atoms with Crippen LogP contribution in [0.25, 0.3) is 0 Å². The quantitative estimate of drug-likeness (QED) is 0.603. The highest BCUT2D eigenvalue weighted by atomic mass is 32.2. The average molecular weight is 323 g/mol. The van der Waals surface area contributed by atoms with Crippen molar-refractivity contribution in [3.63, 3.8) is 0 Å². The predicted molar refractivity (Wildman–Crippen MR) is 84.5 cm³/mol. The van der Waals surface area contributed by atoms with Crippen LogP contribution >= 0.6 is 11.8 Å². The lowest BCUT2D eigenvalue weighted by Gasteiger charge is -2.06. The molecule has 22 heavy (non-hydrogen) atoms. The fourth-order valence-electron chi connectivity index (χ4n) is 1.79. The molecule has 8 heteroatoms. The Labute approximate surface area is 132 Å². The molecule has 1 heterocycles. The molecule has 0 aliphatic rings. The molecular formula is C14H18FN5OS. The molecule has 0 unspecified atom stereocenters. The van der Waals surface area contributed by atoms with Crippen molar-refractivity contribution in [2.75, 3.05) is 16.9 Å². The first-order valence-electron chi connectivity index (χ1n) is 6.98. The molecule has 0 spiro atoms. The van der Waals surface area contributed by atoms with E-state index in [9.17, 15) is 9.18 Å². The number of nitrogens with one attached hydrogen (secondary N) is 1. The average Bonchev–Trinajstić information content (AvgIpc) is 2.86. The summed E-state index contributed by atoms with van der Waals surface area (Å²) in [6.45, 7) is 2.08. The number of anilines is 1. The molecular weight excluding hydrogens is 305 g/mol. The standard InChI is InChI=1S/C14H18FN5OS/c1-2-3-8-12-18-19-14(20(12)16)22-9-13(21)17-11-7-5-4-6-10(11)15/h4-7H,2-3,8-9,16H2,1H3,(H,17,21). The molecule has 0 aliphatic heterocycles. The van der Waals surface area contributed by atoms with E-state index in [1.807, 2.05) is 0 Å². The van der Waals surface area contributed by atoms with Crippen molar-refractivity contribution >= 4 is 23.4 Å². The third-order valence-electron chi connectivity index (χ3n) is 2.97. The summed E-state index contributed by atoms with van der Waals surface area (Å²) in [4.78, 5) is 11.8. The van der Waals surface area contributed by atoms with Gasteiger partial charge in [0.05, 0.1) is 11.4 Å². The zero-order valence-electron chi connectivity index (χ0n) is 12.3. The van der Waals surface area contributed by atoms with E-state index >= 15 is 0 Å². The van der Waals surface area contributed by atoms with E-state index in [0.717, 1.165) is 31.0 Å². The summed E-state index contributed by atoms with van der Waals surface area (Å²) in [6.07, 6.45) is 2.77. The Bertz CT molecular complexity index is 646. The van der Waals surface area contributed by atoms with Crippen molar-refractivity contribution in [1.82, 2.24) is 14.9 Å². The zero-order valence-corrected chi connectivity index (χ0v) is 13.1. The van der Waals surface area contributed by atoms with Crippen LogP contribution in [0.3, 0.4) is 0 Å². The van der Waals surface area contributed by atoms with Gasteiger partial charge in [0.15, 0.2) is 5.82 Å². The highest BCUT2D eigenvalue weighted by molar-refractivity contribution is 7.99. The molecule has 118 valence electrons. The molecule has 0 bridgehead atoms. The van der Waals surface area contributed by atoms with Gasteiger partial charge in [-0.1, -0.05) is 37.2 Å². The lowest BCUT2D eigenvalue weighted by molar-refractivity contribution is -0.113. The molecule has 0 saturated carbocycles. The zero-order chi connectivity index (χ0) is 15.9. The maximum atomic E-state index is 13.4. The third kappa shape index (κ3) is 4.20. The summed E-state index contributed by atoms with van der Waals surface area (Å²) in [5.74, 6) is 5.87. The van der Waals surface area contributed by atoms with E-state index in [0.29, 0.717) is 11.0 Å². The van der Waals surface area contributed by atoms with E-state index in [2.05, 4.69) is 22.4 Å². The van der Waals surface area contributed by atoms with Crippen molar-refractivity contribution in [2.24, 2.45) is 0 Å². The fraction of sp³-hybridized carbons (Fsp3) is 0.357. The number of rotatable bonds is 7. The number of benzene rings is 1. The van der Waals surface area contributed by atoms with Crippen LogP contribution in [0.15, 0.2) is 29.4 Å². The summed E-state index contributed by atoms with van der Waals surface area (Å²) in [5, 5.41) is 10.9. The van der Waals surface area contributed by atoms with Gasteiger partial charge >= 0.3 is 0 Å². The molecule has 2 aromatic rings. The first kappa shape index (κ1) is 16.3. The number of aryl methyl sites for hydroxylation is 1. The van der Waals surface area contributed by atoms with Gasteiger partial charge in [-0.3, -0.25) is 4.79 Å². The number of thioether (sulfide) groups is 1. The molecule has 0 saturated heterocycles. The van der Waals surface area contributed by atoms with Crippen molar-refractivity contribution in [2.45, 2.75) is 31.3 Å². The molecule has 1 aromatic heterocycles. The van der Waals surface area contributed by atoms with Gasteiger partial charge in [0.25, 0.3) is 0 Å². The van der Waals surface area contributed by atoms with Crippen LogP contribution in [-0.2, 0) is 11.2 Å². The predicted octanol–water partition coefficient (Wildman–Crippen LogP) is 2.20. The van der Waals surface area contributed by atoms with Crippen LogP contribution in [-0.4, -0.2) is 26.5 Å². The topological polar surface area (TPSA) is 85.8 Å². The molecule has 3 N–H and O–H groups in total. The number of hydrogen-bond donors (Lipinski definition) is 2. The first-order valence-corrected chi connectivity index (χ1v) is 7.97. The van der Waals surface area contributed by atoms with Crippen LogP contribution in [0.2, 0.25) is 0 Å². The number of amides is 1. The van der Waals surface area contributed by atoms with Crippen molar-refractivity contribution in [3.05, 3.63) is 35.9 Å². The number of nitrogens with zero attached hydrogens (tertiary/aromatic N) is 3. The summed E-state index contributed by atoms with van der Waals surface area (Å²) in [6, 6.07) is 6.02. The Kier molecular flexibility index (Phi) is 5.76. The second-order valence-corrected chi connectivity index (χ2v) is 5.63. The van der Waals surface area contributed by atoms with Crippen molar-refractivity contribution < 1.29 is 9.18 Å². The number of para-hydroxylation sites is 1. The van der Waals surface area contributed by atoms with Gasteiger partial charge in [-0.2, -0.15) is 0 Å². The van der Waals surface area contributed by atoms with Gasteiger partial charge in [0.1, 0.15) is 5.82 Å². The van der Waals surface area contributed by atoms with Crippen LogP contribution in [0.1, 0.15) is 25.6 Å². The normalized spacial score (nSPS) is 10.6. The van der Waals surface area contributed by atoms with Crippen LogP contribution in [0.5, 0.6) is 0 Å². The molecule has 0 atom stereocenters. The summed E-state index contributed by atoms with van der Waals surface area (Å²) < 4.78 is 14.8. The van der Waals surface area contributed by atoms with Crippen molar-refractivity contribution in [3.8, 4) is 0 Å². The van der Waals surface area contributed by atoms with Gasteiger partial charge in [0.2, 0.25) is 11.1 Å². The molecule has 0 aliphatic carbocycles. The highest BCUT2D eigenvalue weighted by Gasteiger charge is 2.12. The maximum absolute atomic E-state index is 13.4. The Morgan fingerprint density at radius 3 is 2.91 bits per heavy atom. The second-order valence-electron chi connectivity index (χ2n) is 4.69. The number of aromatic nitrogens is 3. The van der Waals surface area contributed by atoms with E-state index in [-0.39, 0.29) is 17.3 Å².